The van der Waals surface area contributed by atoms with E-state index in [2.05, 4.69) is 10.4 Å². The number of carbonyl (C=O) groups is 2. The van der Waals surface area contributed by atoms with Crippen LogP contribution >= 0.6 is 11.6 Å². The van der Waals surface area contributed by atoms with Crippen molar-refractivity contribution in [3.8, 4) is 0 Å². The number of aryl methyl sites for hydroxylation is 1. The first kappa shape index (κ1) is 19.6. The van der Waals surface area contributed by atoms with Crippen LogP contribution in [-0.4, -0.2) is 28.3 Å². The highest BCUT2D eigenvalue weighted by Crippen LogP contribution is 2.20. The zero-order valence-corrected chi connectivity index (χ0v) is 16.4. The molecule has 0 bridgehead atoms. The van der Waals surface area contributed by atoms with Gasteiger partial charge in [-0.3, -0.25) is 9.48 Å². The molecule has 0 aliphatic heterocycles. The van der Waals surface area contributed by atoms with Crippen molar-refractivity contribution < 1.29 is 14.3 Å². The Morgan fingerprint density at radius 2 is 1.75 bits per heavy atom. The lowest BCUT2D eigenvalue weighted by Crippen LogP contribution is -2.21. The molecule has 0 fully saturated rings. The summed E-state index contributed by atoms with van der Waals surface area (Å²) in [6.45, 7) is 3.59. The van der Waals surface area contributed by atoms with Gasteiger partial charge in [-0.05, 0) is 37.6 Å². The van der Waals surface area contributed by atoms with E-state index in [1.807, 2.05) is 42.5 Å². The van der Waals surface area contributed by atoms with Gasteiger partial charge in [0.2, 0.25) is 0 Å². The Labute approximate surface area is 168 Å². The highest BCUT2D eigenvalue weighted by Gasteiger charge is 2.21. The SMILES string of the molecule is Cc1nn(Cc2ccccc2Cl)c(C)c1C(=O)OCC(=O)Nc1ccccc1. The number of nitrogens with zero attached hydrogens (tertiary/aromatic N) is 2. The molecule has 3 aromatic rings. The molecule has 0 atom stereocenters. The van der Waals surface area contributed by atoms with E-state index >= 15 is 0 Å². The summed E-state index contributed by atoms with van der Waals surface area (Å²) in [5, 5.41) is 7.73. The molecule has 1 N–H and O–H groups in total. The number of halogens is 1. The number of carbonyl (C=O) groups excluding carboxylic acids is 2. The number of rotatable bonds is 6. The molecular formula is C21H20ClN3O3. The summed E-state index contributed by atoms with van der Waals surface area (Å²) >= 11 is 6.21. The molecule has 6 nitrogen and oxygen atoms in total. The van der Waals surface area contributed by atoms with Gasteiger partial charge in [-0.25, -0.2) is 4.79 Å². The van der Waals surface area contributed by atoms with Crippen LogP contribution < -0.4 is 5.32 Å². The fourth-order valence-electron chi connectivity index (χ4n) is 2.86. The summed E-state index contributed by atoms with van der Waals surface area (Å²) in [5.41, 5.74) is 3.10. The fraction of sp³-hybridized carbons (Fsp3) is 0.190. The van der Waals surface area contributed by atoms with Crippen LogP contribution in [0, 0.1) is 13.8 Å². The highest BCUT2D eigenvalue weighted by molar-refractivity contribution is 6.31. The maximum absolute atomic E-state index is 12.5. The van der Waals surface area contributed by atoms with E-state index in [-0.39, 0.29) is 6.61 Å². The number of amides is 1. The van der Waals surface area contributed by atoms with Crippen molar-refractivity contribution in [1.82, 2.24) is 9.78 Å². The zero-order valence-electron chi connectivity index (χ0n) is 15.6. The molecule has 1 aromatic heterocycles. The second-order valence-electron chi connectivity index (χ2n) is 6.29. The lowest BCUT2D eigenvalue weighted by atomic mass is 10.2. The fourth-order valence-corrected chi connectivity index (χ4v) is 3.05. The Morgan fingerprint density at radius 3 is 2.46 bits per heavy atom. The van der Waals surface area contributed by atoms with E-state index in [0.717, 1.165) is 5.56 Å². The molecule has 0 radical (unpaired) electrons. The molecule has 28 heavy (non-hydrogen) atoms. The van der Waals surface area contributed by atoms with Gasteiger partial charge in [-0.1, -0.05) is 48.0 Å². The summed E-state index contributed by atoms with van der Waals surface area (Å²) in [4.78, 5) is 24.5. The first-order chi connectivity index (χ1) is 13.5. The van der Waals surface area contributed by atoms with E-state index in [0.29, 0.717) is 34.2 Å². The third-order valence-electron chi connectivity index (χ3n) is 4.26. The van der Waals surface area contributed by atoms with Crippen LogP contribution in [0.1, 0.15) is 27.3 Å². The Balaban J connectivity index is 1.66. The molecule has 144 valence electrons. The maximum atomic E-state index is 12.5. The highest BCUT2D eigenvalue weighted by atomic mass is 35.5. The van der Waals surface area contributed by atoms with Gasteiger partial charge in [0.15, 0.2) is 6.61 Å². The molecule has 1 heterocycles. The summed E-state index contributed by atoms with van der Waals surface area (Å²) in [6, 6.07) is 16.4. The van der Waals surface area contributed by atoms with Crippen molar-refractivity contribution >= 4 is 29.2 Å². The predicted octanol–water partition coefficient (Wildman–Crippen LogP) is 4.00. The van der Waals surface area contributed by atoms with Crippen LogP contribution in [0.25, 0.3) is 0 Å². The number of esters is 1. The standard InChI is InChI=1S/C21H20ClN3O3/c1-14-20(15(2)25(24-14)12-16-8-6-7-11-18(16)22)21(27)28-13-19(26)23-17-9-4-3-5-10-17/h3-11H,12-13H2,1-2H3,(H,23,26). The summed E-state index contributed by atoms with van der Waals surface area (Å²) in [5.74, 6) is -0.984. The molecular weight excluding hydrogens is 378 g/mol. The number of benzene rings is 2. The van der Waals surface area contributed by atoms with E-state index in [1.165, 1.54) is 0 Å². The third kappa shape index (κ3) is 4.58. The van der Waals surface area contributed by atoms with Crippen molar-refractivity contribution in [1.29, 1.82) is 0 Å². The van der Waals surface area contributed by atoms with Gasteiger partial charge in [0, 0.05) is 10.7 Å². The van der Waals surface area contributed by atoms with E-state index in [9.17, 15) is 9.59 Å². The van der Waals surface area contributed by atoms with Gasteiger partial charge in [0.25, 0.3) is 5.91 Å². The molecule has 0 saturated carbocycles. The van der Waals surface area contributed by atoms with Crippen LogP contribution in [0.15, 0.2) is 54.6 Å². The normalized spacial score (nSPS) is 10.5. The van der Waals surface area contributed by atoms with Crippen molar-refractivity contribution in [3.63, 3.8) is 0 Å². The number of nitrogens with one attached hydrogen (secondary N) is 1. The Morgan fingerprint density at radius 1 is 1.07 bits per heavy atom. The van der Waals surface area contributed by atoms with Crippen LogP contribution in [0.5, 0.6) is 0 Å². The summed E-state index contributed by atoms with van der Waals surface area (Å²) in [6.07, 6.45) is 0. The minimum Gasteiger partial charge on any atom is -0.452 e. The number of hydrogen-bond acceptors (Lipinski definition) is 4. The van der Waals surface area contributed by atoms with Crippen molar-refractivity contribution in [2.45, 2.75) is 20.4 Å². The lowest BCUT2D eigenvalue weighted by molar-refractivity contribution is -0.119. The second kappa shape index (κ2) is 8.71. The third-order valence-corrected chi connectivity index (χ3v) is 4.62. The number of hydrogen-bond donors (Lipinski definition) is 1. The first-order valence-electron chi connectivity index (χ1n) is 8.75. The van der Waals surface area contributed by atoms with Gasteiger partial charge in [-0.2, -0.15) is 5.10 Å². The summed E-state index contributed by atoms with van der Waals surface area (Å²) < 4.78 is 6.89. The van der Waals surface area contributed by atoms with Gasteiger partial charge in [0.05, 0.1) is 17.9 Å². The van der Waals surface area contributed by atoms with Crippen molar-refractivity contribution in [3.05, 3.63) is 82.1 Å². The Bertz CT molecular complexity index is 999. The maximum Gasteiger partial charge on any atom is 0.342 e. The predicted molar refractivity (Wildman–Crippen MR) is 108 cm³/mol. The van der Waals surface area contributed by atoms with Gasteiger partial charge in [0.1, 0.15) is 5.56 Å². The van der Waals surface area contributed by atoms with Crippen LogP contribution in [0.3, 0.4) is 0 Å². The van der Waals surface area contributed by atoms with Crippen LogP contribution in [-0.2, 0) is 16.1 Å². The second-order valence-corrected chi connectivity index (χ2v) is 6.69. The van der Waals surface area contributed by atoms with Gasteiger partial charge >= 0.3 is 5.97 Å². The Hall–Kier alpha value is -3.12. The van der Waals surface area contributed by atoms with Crippen LogP contribution in [0.2, 0.25) is 5.02 Å². The largest absolute Gasteiger partial charge is 0.452 e. The molecule has 0 unspecified atom stereocenters. The molecule has 3 rings (SSSR count). The quantitative estimate of drug-likeness (QED) is 0.638. The number of ether oxygens (including phenoxy) is 1. The molecule has 2 aromatic carbocycles. The number of aromatic nitrogens is 2. The van der Waals surface area contributed by atoms with Crippen molar-refractivity contribution in [2.75, 3.05) is 11.9 Å². The van der Waals surface area contributed by atoms with E-state index < -0.39 is 11.9 Å². The monoisotopic (exact) mass is 397 g/mol. The van der Waals surface area contributed by atoms with Gasteiger partial charge < -0.3 is 10.1 Å². The van der Waals surface area contributed by atoms with E-state index in [1.54, 1.807) is 30.7 Å². The average Bonchev–Trinajstić information content (AvgIpc) is 2.96. The molecule has 7 heteroatoms. The molecule has 0 aliphatic carbocycles. The molecule has 0 saturated heterocycles. The summed E-state index contributed by atoms with van der Waals surface area (Å²) in [7, 11) is 0. The minimum absolute atomic E-state index is 0.361. The average molecular weight is 398 g/mol. The number of para-hydroxylation sites is 1. The lowest BCUT2D eigenvalue weighted by Gasteiger charge is -2.08. The molecule has 0 aliphatic rings. The van der Waals surface area contributed by atoms with Crippen molar-refractivity contribution in [2.24, 2.45) is 0 Å². The smallest absolute Gasteiger partial charge is 0.342 e. The number of anilines is 1. The molecule has 0 spiro atoms. The van der Waals surface area contributed by atoms with Crippen LogP contribution in [0.4, 0.5) is 5.69 Å². The Kier molecular flexibility index (Phi) is 6.11. The molecule has 1 amide bonds. The van der Waals surface area contributed by atoms with E-state index in [4.69, 9.17) is 16.3 Å². The van der Waals surface area contributed by atoms with Gasteiger partial charge in [-0.15, -0.1) is 0 Å². The zero-order chi connectivity index (χ0) is 20.1. The minimum atomic E-state index is -0.580. The topological polar surface area (TPSA) is 73.2 Å². The first-order valence-corrected chi connectivity index (χ1v) is 9.13.